The molecule has 2 amide bonds. The molecule has 1 atom stereocenters. The van der Waals surface area contributed by atoms with Crippen LogP contribution in [0.4, 0.5) is 4.39 Å². The van der Waals surface area contributed by atoms with Gasteiger partial charge in [-0.05, 0) is 24.1 Å². The van der Waals surface area contributed by atoms with Crippen molar-refractivity contribution in [3.63, 3.8) is 0 Å². The summed E-state index contributed by atoms with van der Waals surface area (Å²) < 4.78 is 14.4. The highest BCUT2D eigenvalue weighted by atomic mass is 19.1. The van der Waals surface area contributed by atoms with Crippen molar-refractivity contribution >= 4 is 11.8 Å². The molecule has 0 saturated carbocycles. The van der Waals surface area contributed by atoms with Gasteiger partial charge in [0.25, 0.3) is 11.8 Å². The maximum absolute atomic E-state index is 13.1. The first kappa shape index (κ1) is 18.1. The van der Waals surface area contributed by atoms with Crippen LogP contribution in [0.15, 0.2) is 30.3 Å². The number of hydrogen-bond donors (Lipinski definition) is 2. The van der Waals surface area contributed by atoms with Gasteiger partial charge in [0.1, 0.15) is 11.5 Å². The third-order valence-electron chi connectivity index (χ3n) is 4.18. The molecule has 1 aromatic heterocycles. The second kappa shape index (κ2) is 7.65. The number of nitrogens with one attached hydrogen (secondary N) is 1. The zero-order valence-corrected chi connectivity index (χ0v) is 14.5. The molecular weight excluding hydrogens is 339 g/mol. The lowest BCUT2D eigenvalue weighted by molar-refractivity contribution is 0.0735. The number of halogens is 1. The lowest BCUT2D eigenvalue weighted by Crippen LogP contribution is -2.32. The van der Waals surface area contributed by atoms with Crippen LogP contribution < -0.4 is 5.32 Å². The summed E-state index contributed by atoms with van der Waals surface area (Å²) in [6.45, 7) is 3.08. The van der Waals surface area contributed by atoms with Gasteiger partial charge in [-0.1, -0.05) is 19.1 Å². The van der Waals surface area contributed by atoms with Crippen molar-refractivity contribution in [3.8, 4) is 0 Å². The van der Waals surface area contributed by atoms with E-state index >= 15 is 0 Å². The molecule has 2 N–H and O–H groups in total. The van der Waals surface area contributed by atoms with Crippen LogP contribution >= 0.6 is 0 Å². The minimum absolute atomic E-state index is 0.146. The Morgan fingerprint density at radius 3 is 2.85 bits per heavy atom. The Kier molecular flexibility index (Phi) is 5.32. The number of fused-ring (bicyclic) bond motifs is 1. The molecule has 0 saturated heterocycles. The maximum atomic E-state index is 13.1. The van der Waals surface area contributed by atoms with Gasteiger partial charge in [0.2, 0.25) is 0 Å². The van der Waals surface area contributed by atoms with Crippen LogP contribution in [0.1, 0.15) is 39.9 Å². The highest BCUT2D eigenvalue weighted by molar-refractivity contribution is 5.98. The number of carbonyl (C=O) groups excluding carboxylic acids is 2. The third-order valence-corrected chi connectivity index (χ3v) is 4.18. The lowest BCUT2D eigenvalue weighted by Gasteiger charge is -2.21. The van der Waals surface area contributed by atoms with Gasteiger partial charge < -0.3 is 15.3 Å². The summed E-state index contributed by atoms with van der Waals surface area (Å²) >= 11 is 0. The minimum atomic E-state index is -0.756. The van der Waals surface area contributed by atoms with E-state index in [1.165, 1.54) is 22.9 Å². The number of hydrogen-bond acceptors (Lipinski definition) is 4. The van der Waals surface area contributed by atoms with Crippen molar-refractivity contribution < 1.29 is 19.1 Å². The molecule has 0 spiro atoms. The average Bonchev–Trinajstić information content (AvgIpc) is 2.99. The molecule has 0 fully saturated rings. The van der Waals surface area contributed by atoms with E-state index in [4.69, 9.17) is 0 Å². The first-order valence-corrected chi connectivity index (χ1v) is 8.55. The Balaban J connectivity index is 1.83. The molecule has 2 heterocycles. The predicted octanol–water partition coefficient (Wildman–Crippen LogP) is 1.18. The number of benzene rings is 1. The highest BCUT2D eigenvalue weighted by Gasteiger charge is 2.26. The summed E-state index contributed by atoms with van der Waals surface area (Å²) in [5.41, 5.74) is 1.21. The molecule has 0 bridgehead atoms. The summed E-state index contributed by atoms with van der Waals surface area (Å²) in [4.78, 5) is 26.6. The summed E-state index contributed by atoms with van der Waals surface area (Å²) in [6, 6.07) is 7.43. The van der Waals surface area contributed by atoms with Crippen molar-refractivity contribution in [1.29, 1.82) is 0 Å². The van der Waals surface area contributed by atoms with Crippen molar-refractivity contribution in [3.05, 3.63) is 53.1 Å². The highest BCUT2D eigenvalue weighted by Crippen LogP contribution is 2.14. The van der Waals surface area contributed by atoms with Gasteiger partial charge in [-0.15, -0.1) is 0 Å². The quantitative estimate of drug-likeness (QED) is 0.838. The molecule has 0 aliphatic carbocycles. The fourth-order valence-corrected chi connectivity index (χ4v) is 2.90. The number of aliphatic hydroxyl groups excluding tert-OH is 1. The summed E-state index contributed by atoms with van der Waals surface area (Å²) in [6.07, 6.45) is -0.00584. The maximum Gasteiger partial charge on any atom is 0.274 e. The van der Waals surface area contributed by atoms with Crippen LogP contribution in [0.5, 0.6) is 0 Å². The van der Waals surface area contributed by atoms with Crippen molar-refractivity contribution in [1.82, 2.24) is 20.0 Å². The van der Waals surface area contributed by atoms with E-state index in [1.807, 2.05) is 6.92 Å². The second-order valence-electron chi connectivity index (χ2n) is 6.31. The van der Waals surface area contributed by atoms with Crippen molar-refractivity contribution in [2.75, 3.05) is 13.1 Å². The first-order valence-electron chi connectivity index (χ1n) is 8.55. The van der Waals surface area contributed by atoms with Crippen LogP contribution in [0, 0.1) is 5.82 Å². The normalized spacial score (nSPS) is 16.6. The number of aromatic nitrogens is 2. The molecule has 8 heteroatoms. The van der Waals surface area contributed by atoms with E-state index in [2.05, 4.69) is 10.4 Å². The molecule has 3 rings (SSSR count). The van der Waals surface area contributed by atoms with Crippen molar-refractivity contribution in [2.24, 2.45) is 0 Å². The predicted molar refractivity (Wildman–Crippen MR) is 92.0 cm³/mol. The Morgan fingerprint density at radius 1 is 1.42 bits per heavy atom. The molecule has 2 aromatic rings. The molecule has 26 heavy (non-hydrogen) atoms. The zero-order chi connectivity index (χ0) is 18.7. The molecule has 0 radical (unpaired) electrons. The van der Waals surface area contributed by atoms with Gasteiger partial charge in [0.15, 0.2) is 5.69 Å². The van der Waals surface area contributed by atoms with Crippen LogP contribution in [0.25, 0.3) is 0 Å². The molecule has 1 aromatic carbocycles. The van der Waals surface area contributed by atoms with Crippen LogP contribution in [0.3, 0.4) is 0 Å². The minimum Gasteiger partial charge on any atom is -0.389 e. The van der Waals surface area contributed by atoms with Crippen LogP contribution in [-0.2, 0) is 13.1 Å². The van der Waals surface area contributed by atoms with Gasteiger partial charge in [0.05, 0.1) is 12.6 Å². The molecule has 7 nitrogen and oxygen atoms in total. The van der Waals surface area contributed by atoms with Crippen LogP contribution in [0.2, 0.25) is 0 Å². The number of rotatable bonds is 5. The fourth-order valence-electron chi connectivity index (χ4n) is 2.90. The Hall–Kier alpha value is -2.74. The van der Waals surface area contributed by atoms with Gasteiger partial charge in [-0.2, -0.15) is 5.10 Å². The standard InChI is InChI=1S/C18H21FN4O3/c1-2-7-22(10-12-3-5-13(19)6-4-12)18(26)15-8-16-17(25)20-9-14(24)11-23(16)21-15/h3-6,8,14,24H,2,7,9-11H2,1H3,(H,20,25). The van der Waals surface area contributed by atoms with E-state index in [1.54, 1.807) is 17.0 Å². The van der Waals surface area contributed by atoms with Gasteiger partial charge in [-0.25, -0.2) is 4.39 Å². The molecular formula is C18H21FN4O3. The van der Waals surface area contributed by atoms with Crippen LogP contribution in [-0.4, -0.2) is 50.8 Å². The molecule has 138 valence electrons. The first-order chi connectivity index (χ1) is 12.5. The molecule has 1 unspecified atom stereocenters. The van der Waals surface area contributed by atoms with E-state index in [0.717, 1.165) is 12.0 Å². The number of β-amino-alcohol motifs (C(OH)–C–C–N with tert-alkyl or cyclic N) is 1. The Bertz CT molecular complexity index is 803. The summed E-state index contributed by atoms with van der Waals surface area (Å²) in [5, 5.41) is 16.6. The number of nitrogens with zero attached hydrogens (tertiary/aromatic N) is 3. The topological polar surface area (TPSA) is 87.5 Å². The number of carbonyl (C=O) groups is 2. The van der Waals surface area contributed by atoms with E-state index in [0.29, 0.717) is 13.1 Å². The average molecular weight is 360 g/mol. The zero-order valence-electron chi connectivity index (χ0n) is 14.5. The van der Waals surface area contributed by atoms with Gasteiger partial charge in [0, 0.05) is 25.7 Å². The fraction of sp³-hybridized carbons (Fsp3) is 0.389. The van der Waals surface area contributed by atoms with Gasteiger partial charge >= 0.3 is 0 Å². The number of aliphatic hydroxyl groups is 1. The smallest absolute Gasteiger partial charge is 0.274 e. The SMILES string of the molecule is CCCN(Cc1ccc(F)cc1)C(=O)c1cc2n(n1)CC(O)CNC2=O. The molecule has 1 aliphatic rings. The van der Waals surface area contributed by atoms with E-state index in [9.17, 15) is 19.1 Å². The number of amides is 2. The summed E-state index contributed by atoms with van der Waals surface area (Å²) in [5.74, 6) is -1.00. The molecule has 1 aliphatic heterocycles. The van der Waals surface area contributed by atoms with E-state index in [-0.39, 0.29) is 42.1 Å². The monoisotopic (exact) mass is 360 g/mol. The van der Waals surface area contributed by atoms with Crippen molar-refractivity contribution in [2.45, 2.75) is 32.5 Å². The lowest BCUT2D eigenvalue weighted by atomic mass is 10.2. The second-order valence-corrected chi connectivity index (χ2v) is 6.31. The Morgan fingerprint density at radius 2 is 2.15 bits per heavy atom. The van der Waals surface area contributed by atoms with Gasteiger partial charge in [-0.3, -0.25) is 14.3 Å². The Labute approximate surface area is 150 Å². The summed E-state index contributed by atoms with van der Waals surface area (Å²) in [7, 11) is 0. The largest absolute Gasteiger partial charge is 0.389 e. The third kappa shape index (κ3) is 3.91. The van der Waals surface area contributed by atoms with E-state index < -0.39 is 6.10 Å².